The first kappa shape index (κ1) is 13.6. The molecule has 102 valence electrons. The van der Waals surface area contributed by atoms with E-state index in [4.69, 9.17) is 5.11 Å². The maximum absolute atomic E-state index is 12.4. The van der Waals surface area contributed by atoms with Gasteiger partial charge in [0.2, 0.25) is 10.0 Å². The Morgan fingerprint density at radius 3 is 2.78 bits per heavy atom. The molecule has 0 aromatic carbocycles. The van der Waals surface area contributed by atoms with Gasteiger partial charge in [0.05, 0.1) is 6.61 Å². The van der Waals surface area contributed by atoms with Gasteiger partial charge in [0, 0.05) is 32.0 Å². The number of aliphatic hydroxyl groups excluding tert-OH is 1. The fraction of sp³-hybridized carbons (Fsp3) is 0.667. The smallest absolute Gasteiger partial charge is 0.244 e. The number of sulfonamides is 1. The van der Waals surface area contributed by atoms with Gasteiger partial charge in [-0.05, 0) is 24.8 Å². The van der Waals surface area contributed by atoms with E-state index in [1.807, 2.05) is 0 Å². The maximum atomic E-state index is 12.4. The molecule has 6 heteroatoms. The van der Waals surface area contributed by atoms with Crippen LogP contribution in [0.5, 0.6) is 0 Å². The van der Waals surface area contributed by atoms with Gasteiger partial charge in [0.15, 0.2) is 0 Å². The molecule has 0 saturated carbocycles. The highest BCUT2D eigenvalue weighted by molar-refractivity contribution is 7.89. The van der Waals surface area contributed by atoms with E-state index in [9.17, 15) is 8.42 Å². The van der Waals surface area contributed by atoms with Gasteiger partial charge in [-0.1, -0.05) is 6.92 Å². The minimum absolute atomic E-state index is 0.150. The van der Waals surface area contributed by atoms with Crippen molar-refractivity contribution in [3.8, 4) is 0 Å². The summed E-state index contributed by atoms with van der Waals surface area (Å²) in [6, 6.07) is 1.55. The normalized spacial score (nSPS) is 22.3. The van der Waals surface area contributed by atoms with E-state index in [2.05, 4.69) is 6.92 Å². The lowest BCUT2D eigenvalue weighted by molar-refractivity contribution is 0.272. The van der Waals surface area contributed by atoms with E-state index < -0.39 is 10.0 Å². The Hall–Kier alpha value is -0.850. The van der Waals surface area contributed by atoms with E-state index in [0.29, 0.717) is 24.7 Å². The number of aliphatic hydroxyl groups is 1. The molecule has 1 aromatic heterocycles. The van der Waals surface area contributed by atoms with E-state index >= 15 is 0 Å². The van der Waals surface area contributed by atoms with Gasteiger partial charge >= 0.3 is 0 Å². The van der Waals surface area contributed by atoms with E-state index in [-0.39, 0.29) is 11.5 Å². The van der Waals surface area contributed by atoms with Crippen molar-refractivity contribution in [2.45, 2.75) is 31.3 Å². The SMILES string of the molecule is CC1CCCN(S(=O)(=O)c2cc(CO)n(C)c2)C1. The van der Waals surface area contributed by atoms with Crippen molar-refractivity contribution in [3.63, 3.8) is 0 Å². The van der Waals surface area contributed by atoms with Crippen molar-refractivity contribution in [1.29, 1.82) is 0 Å². The molecular weight excluding hydrogens is 252 g/mol. The molecule has 0 radical (unpaired) electrons. The van der Waals surface area contributed by atoms with Crippen molar-refractivity contribution in [1.82, 2.24) is 8.87 Å². The summed E-state index contributed by atoms with van der Waals surface area (Å²) < 4.78 is 28.1. The van der Waals surface area contributed by atoms with Gasteiger partial charge in [-0.2, -0.15) is 4.31 Å². The molecule has 1 aromatic rings. The molecule has 1 fully saturated rings. The second-order valence-electron chi connectivity index (χ2n) is 5.05. The molecule has 1 unspecified atom stereocenters. The third-order valence-corrected chi connectivity index (χ3v) is 5.33. The number of piperidine rings is 1. The topological polar surface area (TPSA) is 62.5 Å². The molecular formula is C12H20N2O3S. The van der Waals surface area contributed by atoms with Gasteiger partial charge in [0.25, 0.3) is 0 Å². The lowest BCUT2D eigenvalue weighted by atomic mass is 10.0. The van der Waals surface area contributed by atoms with Crippen molar-refractivity contribution >= 4 is 10.0 Å². The van der Waals surface area contributed by atoms with Crippen LogP contribution in [0.3, 0.4) is 0 Å². The largest absolute Gasteiger partial charge is 0.390 e. The molecule has 0 amide bonds. The van der Waals surface area contributed by atoms with Crippen LogP contribution in [0.25, 0.3) is 0 Å². The third kappa shape index (κ3) is 2.46. The molecule has 0 spiro atoms. The molecule has 1 atom stereocenters. The first-order valence-electron chi connectivity index (χ1n) is 6.21. The summed E-state index contributed by atoms with van der Waals surface area (Å²) in [6.45, 7) is 3.11. The quantitative estimate of drug-likeness (QED) is 0.890. The number of hydrogen-bond donors (Lipinski definition) is 1. The standard InChI is InChI=1S/C12H20N2O3S/c1-10-4-3-5-14(7-10)18(16,17)12-6-11(9-15)13(2)8-12/h6,8,10,15H,3-5,7,9H2,1-2H3. The lowest BCUT2D eigenvalue weighted by Crippen LogP contribution is -2.38. The Morgan fingerprint density at radius 2 is 2.22 bits per heavy atom. The van der Waals surface area contributed by atoms with Crippen LogP contribution in [-0.4, -0.2) is 35.5 Å². The number of aromatic nitrogens is 1. The number of hydrogen-bond acceptors (Lipinski definition) is 3. The first-order chi connectivity index (χ1) is 8.45. The van der Waals surface area contributed by atoms with Crippen molar-refractivity contribution < 1.29 is 13.5 Å². The van der Waals surface area contributed by atoms with E-state index in [0.717, 1.165) is 12.8 Å². The highest BCUT2D eigenvalue weighted by Gasteiger charge is 2.29. The molecule has 1 aliphatic rings. The fourth-order valence-electron chi connectivity index (χ4n) is 2.39. The Kier molecular flexibility index (Phi) is 3.79. The molecule has 1 saturated heterocycles. The maximum Gasteiger partial charge on any atom is 0.244 e. The van der Waals surface area contributed by atoms with Crippen LogP contribution < -0.4 is 0 Å². The molecule has 1 aliphatic heterocycles. The minimum atomic E-state index is -3.41. The van der Waals surface area contributed by atoms with Crippen LogP contribution in [0.2, 0.25) is 0 Å². The van der Waals surface area contributed by atoms with Gasteiger partial charge < -0.3 is 9.67 Å². The zero-order chi connectivity index (χ0) is 13.3. The average molecular weight is 272 g/mol. The third-order valence-electron chi connectivity index (χ3n) is 3.50. The highest BCUT2D eigenvalue weighted by Crippen LogP contribution is 2.24. The van der Waals surface area contributed by atoms with Crippen LogP contribution >= 0.6 is 0 Å². The summed E-state index contributed by atoms with van der Waals surface area (Å²) in [5.41, 5.74) is 0.610. The Bertz CT molecular complexity index is 521. The van der Waals surface area contributed by atoms with Crippen LogP contribution in [0.15, 0.2) is 17.2 Å². The second-order valence-corrected chi connectivity index (χ2v) is 6.98. The van der Waals surface area contributed by atoms with Crippen LogP contribution in [0.4, 0.5) is 0 Å². The van der Waals surface area contributed by atoms with E-state index in [1.165, 1.54) is 0 Å². The summed E-state index contributed by atoms with van der Waals surface area (Å²) in [6.07, 6.45) is 3.57. The number of nitrogens with zero attached hydrogens (tertiary/aromatic N) is 2. The van der Waals surface area contributed by atoms with Gasteiger partial charge in [-0.3, -0.25) is 0 Å². The van der Waals surface area contributed by atoms with Crippen molar-refractivity contribution in [2.75, 3.05) is 13.1 Å². The predicted molar refractivity (Wildman–Crippen MR) is 68.5 cm³/mol. The van der Waals surface area contributed by atoms with Crippen molar-refractivity contribution in [3.05, 3.63) is 18.0 Å². The average Bonchev–Trinajstić information content (AvgIpc) is 2.71. The Morgan fingerprint density at radius 1 is 1.50 bits per heavy atom. The highest BCUT2D eigenvalue weighted by atomic mass is 32.2. The number of aryl methyl sites for hydroxylation is 1. The van der Waals surface area contributed by atoms with Gasteiger partial charge in [-0.25, -0.2) is 8.42 Å². The molecule has 0 aliphatic carbocycles. The van der Waals surface area contributed by atoms with Gasteiger partial charge in [-0.15, -0.1) is 0 Å². The summed E-state index contributed by atoms with van der Waals surface area (Å²) in [5, 5.41) is 9.12. The van der Waals surface area contributed by atoms with Crippen molar-refractivity contribution in [2.24, 2.45) is 13.0 Å². The summed E-state index contributed by atoms with van der Waals surface area (Å²) in [5.74, 6) is 0.412. The summed E-state index contributed by atoms with van der Waals surface area (Å²) >= 11 is 0. The second kappa shape index (κ2) is 5.03. The molecule has 0 bridgehead atoms. The molecule has 2 rings (SSSR count). The zero-order valence-electron chi connectivity index (χ0n) is 10.8. The minimum Gasteiger partial charge on any atom is -0.390 e. The Labute approximate surface area is 108 Å². The Balaban J connectivity index is 2.29. The molecule has 2 heterocycles. The summed E-state index contributed by atoms with van der Waals surface area (Å²) in [7, 11) is -1.67. The summed E-state index contributed by atoms with van der Waals surface area (Å²) in [4.78, 5) is 0.281. The molecule has 18 heavy (non-hydrogen) atoms. The molecule has 1 N–H and O–H groups in total. The first-order valence-corrected chi connectivity index (χ1v) is 7.65. The number of rotatable bonds is 3. The fourth-order valence-corrected chi connectivity index (χ4v) is 4.08. The van der Waals surface area contributed by atoms with Crippen LogP contribution in [0, 0.1) is 5.92 Å². The van der Waals surface area contributed by atoms with Crippen LogP contribution in [0.1, 0.15) is 25.5 Å². The zero-order valence-corrected chi connectivity index (χ0v) is 11.7. The van der Waals surface area contributed by atoms with Crippen LogP contribution in [-0.2, 0) is 23.7 Å². The molecule has 5 nitrogen and oxygen atoms in total. The predicted octanol–water partition coefficient (Wildman–Crippen LogP) is 0.938. The lowest BCUT2D eigenvalue weighted by Gasteiger charge is -2.29. The monoisotopic (exact) mass is 272 g/mol. The van der Waals surface area contributed by atoms with E-state index in [1.54, 1.807) is 28.2 Å². The van der Waals surface area contributed by atoms with Gasteiger partial charge in [0.1, 0.15) is 4.90 Å².